The van der Waals surface area contributed by atoms with Crippen molar-refractivity contribution in [3.63, 3.8) is 0 Å². The Labute approximate surface area is 143 Å². The topological polar surface area (TPSA) is 37.3 Å². The Morgan fingerprint density at radius 3 is 1.19 bits per heavy atom. The zero-order chi connectivity index (χ0) is 14.9. The third kappa shape index (κ3) is 22.4. The number of rotatable bonds is 16. The van der Waals surface area contributed by atoms with Crippen LogP contribution >= 0.6 is 0 Å². The standard InChI is InChI=1S/C18H36O2.GeH4/c1-2-3-4-5-6-7-8-9-10-11-12-13-14-15-16-17-18(19)20;/h2-17H2,1H3,(H,19,20);1H4. The molecule has 0 radical (unpaired) electrons. The van der Waals surface area contributed by atoms with E-state index in [1.54, 1.807) is 0 Å². The van der Waals surface area contributed by atoms with Crippen molar-refractivity contribution in [1.82, 2.24) is 0 Å². The molecule has 21 heavy (non-hydrogen) atoms. The van der Waals surface area contributed by atoms with Gasteiger partial charge < -0.3 is 5.11 Å². The summed E-state index contributed by atoms with van der Waals surface area (Å²) in [4.78, 5) is 10.3. The second-order valence-corrected chi connectivity index (χ2v) is 6.09. The van der Waals surface area contributed by atoms with E-state index < -0.39 is 5.97 Å². The second-order valence-electron chi connectivity index (χ2n) is 6.09. The molecule has 0 atom stereocenters. The Bertz CT molecular complexity index is 207. The van der Waals surface area contributed by atoms with E-state index in [0.717, 1.165) is 12.8 Å². The van der Waals surface area contributed by atoms with Gasteiger partial charge in [0.1, 0.15) is 0 Å². The molecule has 0 bridgehead atoms. The van der Waals surface area contributed by atoms with Gasteiger partial charge in [-0.05, 0) is 6.42 Å². The number of carboxylic acid groups (broad SMARTS) is 1. The minimum absolute atomic E-state index is 0. The van der Waals surface area contributed by atoms with E-state index in [1.165, 1.54) is 83.5 Å². The number of hydrogen-bond acceptors (Lipinski definition) is 1. The van der Waals surface area contributed by atoms with Crippen molar-refractivity contribution in [1.29, 1.82) is 0 Å². The van der Waals surface area contributed by atoms with Crippen molar-refractivity contribution in [3.05, 3.63) is 0 Å². The van der Waals surface area contributed by atoms with Crippen LogP contribution in [-0.4, -0.2) is 28.7 Å². The van der Waals surface area contributed by atoms with E-state index in [-0.39, 0.29) is 17.6 Å². The molecule has 3 heteroatoms. The van der Waals surface area contributed by atoms with Gasteiger partial charge >= 0.3 is 23.6 Å². The van der Waals surface area contributed by atoms with Gasteiger partial charge in [0.2, 0.25) is 0 Å². The predicted octanol–water partition coefficient (Wildman–Crippen LogP) is 4.88. The molecular weight excluding hydrogens is 321 g/mol. The fourth-order valence-electron chi connectivity index (χ4n) is 2.65. The van der Waals surface area contributed by atoms with E-state index >= 15 is 0 Å². The van der Waals surface area contributed by atoms with Crippen LogP contribution in [0.3, 0.4) is 0 Å². The molecule has 0 saturated carbocycles. The van der Waals surface area contributed by atoms with Crippen LogP contribution in [0.1, 0.15) is 110 Å². The van der Waals surface area contributed by atoms with Crippen molar-refractivity contribution in [2.24, 2.45) is 0 Å². The van der Waals surface area contributed by atoms with Gasteiger partial charge in [0.15, 0.2) is 0 Å². The van der Waals surface area contributed by atoms with Crippen molar-refractivity contribution < 1.29 is 9.90 Å². The number of unbranched alkanes of at least 4 members (excludes halogenated alkanes) is 14. The summed E-state index contributed by atoms with van der Waals surface area (Å²) in [6, 6.07) is 0. The fourth-order valence-corrected chi connectivity index (χ4v) is 2.65. The van der Waals surface area contributed by atoms with Crippen LogP contribution in [0.4, 0.5) is 0 Å². The van der Waals surface area contributed by atoms with Gasteiger partial charge in [-0.1, -0.05) is 96.8 Å². The summed E-state index contributed by atoms with van der Waals surface area (Å²) in [6.45, 7) is 2.27. The Balaban J connectivity index is 0. The van der Waals surface area contributed by atoms with Crippen molar-refractivity contribution in [2.45, 2.75) is 110 Å². The molecule has 0 saturated heterocycles. The Kier molecular flexibility index (Phi) is 22.2. The summed E-state index contributed by atoms with van der Waals surface area (Å²) in [5, 5.41) is 8.52. The van der Waals surface area contributed by atoms with E-state index in [2.05, 4.69) is 6.92 Å². The third-order valence-electron chi connectivity index (χ3n) is 3.99. The number of carboxylic acids is 1. The molecule has 0 aliphatic heterocycles. The molecule has 0 aliphatic carbocycles. The normalized spacial score (nSPS) is 10.3. The van der Waals surface area contributed by atoms with Crippen molar-refractivity contribution in [3.8, 4) is 0 Å². The van der Waals surface area contributed by atoms with Crippen LogP contribution in [0.25, 0.3) is 0 Å². The van der Waals surface area contributed by atoms with Gasteiger partial charge in [-0.3, -0.25) is 4.79 Å². The SMILES string of the molecule is CCCCCCCCCCCCCCCCCC(=O)O.[GeH4]. The molecule has 0 rings (SSSR count). The summed E-state index contributed by atoms with van der Waals surface area (Å²) in [6.07, 6.45) is 20.2. The van der Waals surface area contributed by atoms with Gasteiger partial charge in [0.05, 0.1) is 0 Å². The summed E-state index contributed by atoms with van der Waals surface area (Å²) >= 11 is 0. The van der Waals surface area contributed by atoms with Gasteiger partial charge in [0, 0.05) is 6.42 Å². The van der Waals surface area contributed by atoms with Gasteiger partial charge in [-0.15, -0.1) is 0 Å². The number of aliphatic carboxylic acids is 1. The first-order chi connectivity index (χ1) is 9.77. The van der Waals surface area contributed by atoms with E-state index in [4.69, 9.17) is 5.11 Å². The summed E-state index contributed by atoms with van der Waals surface area (Å²) in [7, 11) is 0. The molecule has 0 unspecified atom stereocenters. The second kappa shape index (κ2) is 20.0. The fraction of sp³-hybridized carbons (Fsp3) is 0.944. The summed E-state index contributed by atoms with van der Waals surface area (Å²) in [5.41, 5.74) is 0. The molecule has 2 nitrogen and oxygen atoms in total. The molecule has 0 fully saturated rings. The first kappa shape index (κ1) is 23.3. The first-order valence-electron chi connectivity index (χ1n) is 8.99. The maximum atomic E-state index is 10.3. The molecule has 0 aromatic rings. The molecule has 128 valence electrons. The van der Waals surface area contributed by atoms with E-state index in [0.29, 0.717) is 6.42 Å². The van der Waals surface area contributed by atoms with Crippen LogP contribution in [0.15, 0.2) is 0 Å². The van der Waals surface area contributed by atoms with Crippen LogP contribution in [-0.2, 0) is 4.79 Å². The Hall–Kier alpha value is 0.0129. The zero-order valence-corrected chi connectivity index (χ0v) is 13.7. The van der Waals surface area contributed by atoms with E-state index in [1.807, 2.05) is 0 Å². The Morgan fingerprint density at radius 2 is 0.905 bits per heavy atom. The number of carbonyl (C=O) groups is 1. The molecule has 0 heterocycles. The third-order valence-corrected chi connectivity index (χ3v) is 3.99. The van der Waals surface area contributed by atoms with Crippen LogP contribution < -0.4 is 0 Å². The monoisotopic (exact) mass is 362 g/mol. The Morgan fingerprint density at radius 1 is 0.619 bits per heavy atom. The first-order valence-corrected chi connectivity index (χ1v) is 8.99. The maximum absolute atomic E-state index is 10.3. The van der Waals surface area contributed by atoms with Crippen LogP contribution in [0.2, 0.25) is 0 Å². The average molecular weight is 361 g/mol. The van der Waals surface area contributed by atoms with Crippen molar-refractivity contribution in [2.75, 3.05) is 0 Å². The molecular formula is C18H40GeO2. The summed E-state index contributed by atoms with van der Waals surface area (Å²) < 4.78 is 0. The van der Waals surface area contributed by atoms with Gasteiger partial charge in [-0.2, -0.15) is 0 Å². The van der Waals surface area contributed by atoms with E-state index in [9.17, 15) is 4.79 Å². The molecule has 1 N–H and O–H groups in total. The predicted molar refractivity (Wildman–Crippen MR) is 98.5 cm³/mol. The molecule has 0 amide bonds. The molecule has 0 aliphatic rings. The minimum atomic E-state index is -0.653. The molecule has 0 aromatic heterocycles. The quantitative estimate of drug-likeness (QED) is 0.314. The van der Waals surface area contributed by atoms with Crippen LogP contribution in [0.5, 0.6) is 0 Å². The number of hydrogen-bond donors (Lipinski definition) is 1. The zero-order valence-electron chi connectivity index (χ0n) is 13.7. The molecule has 0 aromatic carbocycles. The average Bonchev–Trinajstić information content (AvgIpc) is 2.43. The summed E-state index contributed by atoms with van der Waals surface area (Å²) in [5.74, 6) is -0.653. The van der Waals surface area contributed by atoms with Crippen LogP contribution in [0, 0.1) is 0 Å². The van der Waals surface area contributed by atoms with Gasteiger partial charge in [-0.25, -0.2) is 0 Å². The van der Waals surface area contributed by atoms with Crippen molar-refractivity contribution >= 4 is 23.6 Å². The molecule has 0 spiro atoms. The van der Waals surface area contributed by atoms with Gasteiger partial charge in [0.25, 0.3) is 0 Å².